The normalized spacial score (nSPS) is 12.7. The first-order valence-corrected chi connectivity index (χ1v) is 13.3. The first-order chi connectivity index (χ1) is 12.7. The topological polar surface area (TPSA) is 135 Å². The average Bonchev–Trinajstić information content (AvgIpc) is 2.56. The first-order valence-electron chi connectivity index (χ1n) is 10.4. The maximum absolute atomic E-state index is 10.8. The number of rotatable bonds is 17. The van der Waals surface area contributed by atoms with Crippen molar-refractivity contribution in [3.8, 4) is 0 Å². The van der Waals surface area contributed by atoms with Crippen molar-refractivity contribution >= 4 is 15.9 Å². The molecular weight excluding hydrogens is 390 g/mol. The summed E-state index contributed by atoms with van der Waals surface area (Å²) in [6.45, 7) is 2.26. The summed E-state index contributed by atoms with van der Waals surface area (Å²) in [6.07, 6.45) is 19.1. The highest BCUT2D eigenvalue weighted by Crippen LogP contribution is 2.41. The van der Waals surface area contributed by atoms with Crippen molar-refractivity contribution in [3.05, 3.63) is 0 Å². The molecule has 27 heavy (non-hydrogen) atoms. The van der Waals surface area contributed by atoms with Gasteiger partial charge in [-0.3, -0.25) is 9.13 Å². The average molecular weight is 432 g/mol. The van der Waals surface area contributed by atoms with E-state index in [1.54, 1.807) is 0 Å². The Labute approximate surface area is 165 Å². The van der Waals surface area contributed by atoms with Crippen LogP contribution in [0.1, 0.15) is 110 Å². The summed E-state index contributed by atoms with van der Waals surface area (Å²) >= 11 is 0. The standard InChI is InChI=1S/C18H39O4P.H3O3P/c1-2-3-4-5-6-7-8-9-10-11-12-13-14-15-16-17-18(19)23(20,21)22;1-4(2)3/h18-19H,2-17H2,1H3,(H2,20,21,22);4H,(H2,1,2,3). The lowest BCUT2D eigenvalue weighted by Crippen LogP contribution is -2.06. The van der Waals surface area contributed by atoms with Gasteiger partial charge in [-0.25, -0.2) is 0 Å². The van der Waals surface area contributed by atoms with Crippen molar-refractivity contribution in [2.75, 3.05) is 0 Å². The highest BCUT2D eigenvalue weighted by Gasteiger charge is 2.24. The van der Waals surface area contributed by atoms with Crippen LogP contribution in [0.5, 0.6) is 0 Å². The van der Waals surface area contributed by atoms with E-state index in [9.17, 15) is 9.67 Å². The van der Waals surface area contributed by atoms with Gasteiger partial charge in [0.15, 0.2) is 5.85 Å². The van der Waals surface area contributed by atoms with E-state index in [2.05, 4.69) is 6.92 Å². The molecule has 1 atom stereocenters. The minimum atomic E-state index is -4.29. The molecule has 0 fully saturated rings. The van der Waals surface area contributed by atoms with Crippen molar-refractivity contribution in [3.63, 3.8) is 0 Å². The highest BCUT2D eigenvalue weighted by atomic mass is 31.2. The van der Waals surface area contributed by atoms with E-state index in [0.29, 0.717) is 6.42 Å². The Morgan fingerprint density at radius 2 is 0.963 bits per heavy atom. The number of hydrogen-bond donors (Lipinski definition) is 5. The molecule has 0 aromatic rings. The Kier molecular flexibility index (Phi) is 22.9. The predicted molar refractivity (Wildman–Crippen MR) is 111 cm³/mol. The molecule has 0 radical (unpaired) electrons. The van der Waals surface area contributed by atoms with Crippen LogP contribution in [0.3, 0.4) is 0 Å². The third-order valence-electron chi connectivity index (χ3n) is 4.45. The monoisotopic (exact) mass is 432 g/mol. The molecular formula is C18H42O7P2. The van der Waals surface area contributed by atoms with Gasteiger partial charge >= 0.3 is 15.9 Å². The van der Waals surface area contributed by atoms with E-state index in [1.165, 1.54) is 77.0 Å². The van der Waals surface area contributed by atoms with Crippen LogP contribution in [0.2, 0.25) is 0 Å². The first kappa shape index (κ1) is 29.5. The van der Waals surface area contributed by atoms with E-state index in [4.69, 9.17) is 24.1 Å². The molecule has 166 valence electrons. The number of aliphatic hydroxyl groups excluding tert-OH is 1. The molecule has 0 amide bonds. The molecule has 0 saturated heterocycles. The van der Waals surface area contributed by atoms with Crippen molar-refractivity contribution in [1.29, 1.82) is 0 Å². The van der Waals surface area contributed by atoms with E-state index in [1.807, 2.05) is 0 Å². The van der Waals surface area contributed by atoms with Crippen LogP contribution in [0.25, 0.3) is 0 Å². The lowest BCUT2D eigenvalue weighted by molar-refractivity contribution is 0.190. The molecule has 0 aliphatic carbocycles. The molecule has 0 heterocycles. The predicted octanol–water partition coefficient (Wildman–Crippen LogP) is 5.10. The third kappa shape index (κ3) is 28.6. The molecule has 0 aliphatic rings. The SMILES string of the molecule is CCCCCCCCCCCCCCCCCC(O)P(=O)(O)O.O=[PH](O)O. The van der Waals surface area contributed by atoms with E-state index >= 15 is 0 Å². The largest absolute Gasteiger partial charge is 0.380 e. The number of hydrogen-bond acceptors (Lipinski definition) is 3. The fraction of sp³-hybridized carbons (Fsp3) is 1.00. The Hall–Kier alpha value is 0.260. The summed E-state index contributed by atoms with van der Waals surface area (Å²) in [5.74, 6) is -1.47. The van der Waals surface area contributed by atoms with Gasteiger partial charge in [-0.15, -0.1) is 0 Å². The van der Waals surface area contributed by atoms with E-state index < -0.39 is 21.7 Å². The van der Waals surface area contributed by atoms with Crippen LogP contribution >= 0.6 is 15.9 Å². The van der Waals surface area contributed by atoms with Crippen molar-refractivity contribution in [2.24, 2.45) is 0 Å². The third-order valence-corrected chi connectivity index (χ3v) is 5.49. The molecule has 0 rings (SSSR count). The van der Waals surface area contributed by atoms with Crippen LogP contribution in [-0.4, -0.2) is 30.5 Å². The molecule has 0 aliphatic heterocycles. The van der Waals surface area contributed by atoms with Crippen LogP contribution < -0.4 is 0 Å². The summed E-state index contributed by atoms with van der Waals surface area (Å²) in [5, 5.41) is 9.23. The van der Waals surface area contributed by atoms with Gasteiger partial charge in [0.05, 0.1) is 0 Å². The second kappa shape index (κ2) is 21.0. The zero-order chi connectivity index (χ0) is 21.0. The Morgan fingerprint density at radius 1 is 0.704 bits per heavy atom. The van der Waals surface area contributed by atoms with Gasteiger partial charge in [0.1, 0.15) is 0 Å². The summed E-state index contributed by atoms with van der Waals surface area (Å²) in [7, 11) is -7.42. The minimum absolute atomic E-state index is 0.211. The molecule has 5 N–H and O–H groups in total. The van der Waals surface area contributed by atoms with Crippen LogP contribution in [0, 0.1) is 0 Å². The highest BCUT2D eigenvalue weighted by molar-refractivity contribution is 7.52. The zero-order valence-corrected chi connectivity index (χ0v) is 18.8. The number of aliphatic hydroxyl groups is 1. The second-order valence-electron chi connectivity index (χ2n) is 7.09. The molecule has 1 unspecified atom stereocenters. The summed E-state index contributed by atoms with van der Waals surface area (Å²) < 4.78 is 19.5. The second-order valence-corrected chi connectivity index (χ2v) is 9.43. The molecule has 7 nitrogen and oxygen atoms in total. The van der Waals surface area contributed by atoms with Gasteiger partial charge in [0.25, 0.3) is 0 Å². The summed E-state index contributed by atoms with van der Waals surface area (Å²) in [5.41, 5.74) is 0. The van der Waals surface area contributed by atoms with Gasteiger partial charge in [0.2, 0.25) is 0 Å². The van der Waals surface area contributed by atoms with Crippen LogP contribution in [-0.2, 0) is 9.13 Å². The maximum Gasteiger partial charge on any atom is 0.353 e. The van der Waals surface area contributed by atoms with Gasteiger partial charge in [-0.1, -0.05) is 103 Å². The number of unbranched alkanes of at least 4 members (excludes halogenated alkanes) is 14. The summed E-state index contributed by atoms with van der Waals surface area (Å²) in [6, 6.07) is 0. The Morgan fingerprint density at radius 3 is 1.22 bits per heavy atom. The molecule has 0 aromatic carbocycles. The van der Waals surface area contributed by atoms with Crippen molar-refractivity contribution < 1.29 is 33.8 Å². The minimum Gasteiger partial charge on any atom is -0.380 e. The van der Waals surface area contributed by atoms with E-state index in [-0.39, 0.29) is 6.42 Å². The van der Waals surface area contributed by atoms with Gasteiger partial charge in [-0.2, -0.15) is 0 Å². The lowest BCUT2D eigenvalue weighted by atomic mass is 10.0. The Balaban J connectivity index is 0. The van der Waals surface area contributed by atoms with Gasteiger partial charge in [0, 0.05) is 0 Å². The van der Waals surface area contributed by atoms with Crippen LogP contribution in [0.4, 0.5) is 0 Å². The lowest BCUT2D eigenvalue weighted by Gasteiger charge is -2.11. The molecule has 0 saturated carbocycles. The fourth-order valence-electron chi connectivity index (χ4n) is 2.87. The fourth-order valence-corrected chi connectivity index (χ4v) is 3.39. The summed E-state index contributed by atoms with van der Waals surface area (Å²) in [4.78, 5) is 31.8. The zero-order valence-electron chi connectivity index (χ0n) is 16.9. The van der Waals surface area contributed by atoms with Crippen LogP contribution in [0.15, 0.2) is 0 Å². The molecule has 0 bridgehead atoms. The molecule has 0 aromatic heterocycles. The Bertz CT molecular complexity index is 371. The smallest absolute Gasteiger partial charge is 0.353 e. The molecule has 9 heteroatoms. The van der Waals surface area contributed by atoms with Gasteiger partial charge in [-0.05, 0) is 6.42 Å². The maximum atomic E-state index is 10.8. The van der Waals surface area contributed by atoms with Crippen molar-refractivity contribution in [2.45, 2.75) is 116 Å². The molecule has 0 spiro atoms. The quantitative estimate of drug-likeness (QED) is 0.159. The van der Waals surface area contributed by atoms with Gasteiger partial charge < -0.3 is 24.7 Å². The van der Waals surface area contributed by atoms with E-state index in [0.717, 1.165) is 12.8 Å². The van der Waals surface area contributed by atoms with Crippen molar-refractivity contribution in [1.82, 2.24) is 0 Å².